The summed E-state index contributed by atoms with van der Waals surface area (Å²) in [5.41, 5.74) is -3.53. The predicted octanol–water partition coefficient (Wildman–Crippen LogP) is 2.76. The van der Waals surface area contributed by atoms with Gasteiger partial charge in [0.05, 0.1) is 24.5 Å². The topological polar surface area (TPSA) is 82.1 Å². The fourth-order valence-electron chi connectivity index (χ4n) is 3.66. The molecule has 0 spiro atoms. The van der Waals surface area contributed by atoms with Crippen LogP contribution in [0.3, 0.4) is 0 Å². The van der Waals surface area contributed by atoms with E-state index in [1.807, 2.05) is 0 Å². The van der Waals surface area contributed by atoms with Crippen molar-refractivity contribution in [3.63, 3.8) is 0 Å². The van der Waals surface area contributed by atoms with Crippen molar-refractivity contribution in [2.24, 2.45) is 0 Å². The molecule has 2 N–H and O–H groups in total. The number of hydrogen-bond acceptors (Lipinski definition) is 4. The lowest BCUT2D eigenvalue weighted by molar-refractivity contribution is -0.156. The van der Waals surface area contributed by atoms with Gasteiger partial charge in [-0.15, -0.1) is 0 Å². The van der Waals surface area contributed by atoms with Crippen LogP contribution in [0, 0.1) is 0 Å². The zero-order valence-corrected chi connectivity index (χ0v) is 15.6. The number of nitrogens with zero attached hydrogens (tertiary/aromatic N) is 2. The van der Waals surface area contributed by atoms with Crippen LogP contribution in [0.25, 0.3) is 0 Å². The van der Waals surface area contributed by atoms with E-state index in [-0.39, 0.29) is 43.2 Å². The maximum absolute atomic E-state index is 13.4. The minimum Gasteiger partial charge on any atom is -0.378 e. The first-order chi connectivity index (χ1) is 14.2. The maximum atomic E-state index is 13.4. The zero-order chi connectivity index (χ0) is 21.5. The van der Waals surface area contributed by atoms with Crippen molar-refractivity contribution in [2.45, 2.75) is 11.9 Å². The molecule has 1 saturated heterocycles. The van der Waals surface area contributed by atoms with Crippen LogP contribution in [0.1, 0.15) is 11.1 Å². The highest BCUT2D eigenvalue weighted by Crippen LogP contribution is 2.42. The zero-order valence-electron chi connectivity index (χ0n) is 15.6. The van der Waals surface area contributed by atoms with Gasteiger partial charge >= 0.3 is 12.2 Å². The van der Waals surface area contributed by atoms with E-state index in [0.29, 0.717) is 4.90 Å². The Labute approximate surface area is 169 Å². The number of carbonyl (C=O) groups is 2. The second-order valence-electron chi connectivity index (χ2n) is 6.94. The smallest absolute Gasteiger partial charge is 0.378 e. The Hall–Kier alpha value is -3.11. The van der Waals surface area contributed by atoms with Crippen molar-refractivity contribution in [1.29, 1.82) is 0 Å². The van der Waals surface area contributed by atoms with Gasteiger partial charge in [0.25, 0.3) is 11.6 Å². The van der Waals surface area contributed by atoms with Crippen molar-refractivity contribution in [3.05, 3.63) is 59.7 Å². The fourth-order valence-corrected chi connectivity index (χ4v) is 3.66. The Morgan fingerprint density at radius 2 is 1.80 bits per heavy atom. The largest absolute Gasteiger partial charge is 0.416 e. The second-order valence-corrected chi connectivity index (χ2v) is 6.94. The van der Waals surface area contributed by atoms with E-state index in [2.05, 4.69) is 5.32 Å². The molecule has 2 aliphatic rings. The van der Waals surface area contributed by atoms with Crippen LogP contribution in [0.4, 0.5) is 29.3 Å². The summed E-state index contributed by atoms with van der Waals surface area (Å²) >= 11 is 0. The van der Waals surface area contributed by atoms with Gasteiger partial charge in [0, 0.05) is 24.3 Å². The molecule has 1 atom stereocenters. The highest BCUT2D eigenvalue weighted by Gasteiger charge is 2.54. The number of alkyl halides is 3. The minimum atomic E-state index is -4.66. The van der Waals surface area contributed by atoms with Crippen LogP contribution in [-0.2, 0) is 21.4 Å². The van der Waals surface area contributed by atoms with Crippen LogP contribution in [0.5, 0.6) is 0 Å². The van der Waals surface area contributed by atoms with Crippen molar-refractivity contribution in [1.82, 2.24) is 4.90 Å². The maximum Gasteiger partial charge on any atom is 0.416 e. The molecule has 3 amide bonds. The quantitative estimate of drug-likeness (QED) is 0.782. The van der Waals surface area contributed by atoms with Crippen LogP contribution in [-0.4, -0.2) is 48.2 Å². The van der Waals surface area contributed by atoms with E-state index in [4.69, 9.17) is 4.74 Å². The lowest BCUT2D eigenvalue weighted by Crippen LogP contribution is -2.64. The first-order valence-corrected chi connectivity index (χ1v) is 9.20. The monoisotopic (exact) mass is 421 g/mol. The van der Waals surface area contributed by atoms with E-state index in [0.717, 1.165) is 18.2 Å². The number of hydrogen-bond donors (Lipinski definition) is 2. The number of anilines is 2. The van der Waals surface area contributed by atoms with Gasteiger partial charge in [-0.3, -0.25) is 9.69 Å². The Morgan fingerprint density at radius 1 is 1.10 bits per heavy atom. The van der Waals surface area contributed by atoms with Crippen LogP contribution < -0.4 is 10.2 Å². The third-order valence-electron chi connectivity index (χ3n) is 5.10. The molecule has 7 nitrogen and oxygen atoms in total. The van der Waals surface area contributed by atoms with Gasteiger partial charge in [-0.2, -0.15) is 13.2 Å². The van der Waals surface area contributed by atoms with Crippen molar-refractivity contribution in [2.75, 3.05) is 36.5 Å². The molecular weight excluding hydrogens is 403 g/mol. The summed E-state index contributed by atoms with van der Waals surface area (Å²) in [6.07, 6.45) is -4.66. The van der Waals surface area contributed by atoms with Gasteiger partial charge in [-0.05, 0) is 24.3 Å². The molecule has 2 aromatic rings. The average Bonchev–Trinajstić information content (AvgIpc) is 2.73. The van der Waals surface area contributed by atoms with Gasteiger partial charge in [-0.25, -0.2) is 4.79 Å². The molecule has 0 bridgehead atoms. The first-order valence-electron chi connectivity index (χ1n) is 9.20. The number of halogens is 3. The van der Waals surface area contributed by atoms with Gasteiger partial charge in [0.15, 0.2) is 0 Å². The molecule has 2 aromatic carbocycles. The van der Waals surface area contributed by atoms with Gasteiger partial charge in [0.1, 0.15) is 0 Å². The number of ether oxygens (including phenoxy) is 1. The van der Waals surface area contributed by atoms with Crippen LogP contribution in [0.2, 0.25) is 0 Å². The Morgan fingerprint density at radius 3 is 2.50 bits per heavy atom. The number of para-hydroxylation sites is 1. The number of amides is 3. The molecule has 0 saturated carbocycles. The molecule has 0 radical (unpaired) electrons. The highest BCUT2D eigenvalue weighted by molar-refractivity contribution is 6.11. The summed E-state index contributed by atoms with van der Waals surface area (Å²) in [5, 5.41) is 14.2. The molecule has 0 aromatic heterocycles. The van der Waals surface area contributed by atoms with Gasteiger partial charge < -0.3 is 20.1 Å². The van der Waals surface area contributed by atoms with E-state index in [1.54, 1.807) is 12.1 Å². The van der Waals surface area contributed by atoms with Crippen LogP contribution >= 0.6 is 0 Å². The average molecular weight is 421 g/mol. The Bertz CT molecular complexity index is 991. The third-order valence-corrected chi connectivity index (χ3v) is 5.10. The number of rotatable bonds is 2. The minimum absolute atomic E-state index is 0.0681. The molecule has 0 aliphatic carbocycles. The van der Waals surface area contributed by atoms with Crippen LogP contribution in [0.15, 0.2) is 48.5 Å². The Kier molecular flexibility index (Phi) is 4.91. The fraction of sp³-hybridized carbons (Fsp3) is 0.300. The molecule has 30 heavy (non-hydrogen) atoms. The molecular formula is C20H18F3N3O4. The summed E-state index contributed by atoms with van der Waals surface area (Å²) in [6, 6.07) is 9.15. The molecule has 10 heteroatoms. The summed E-state index contributed by atoms with van der Waals surface area (Å²) in [7, 11) is 0. The van der Waals surface area contributed by atoms with E-state index >= 15 is 0 Å². The van der Waals surface area contributed by atoms with Crippen molar-refractivity contribution >= 4 is 23.3 Å². The van der Waals surface area contributed by atoms with E-state index < -0.39 is 29.4 Å². The van der Waals surface area contributed by atoms with Gasteiger partial charge in [-0.1, -0.05) is 24.3 Å². The molecule has 2 aliphatic heterocycles. The number of morpholine rings is 1. The predicted molar refractivity (Wildman–Crippen MR) is 101 cm³/mol. The highest BCUT2D eigenvalue weighted by atomic mass is 19.4. The third kappa shape index (κ3) is 3.27. The lowest BCUT2D eigenvalue weighted by atomic mass is 9.94. The number of benzene rings is 2. The van der Waals surface area contributed by atoms with Gasteiger partial charge in [0.2, 0.25) is 0 Å². The molecule has 4 rings (SSSR count). The standard InChI is InChI=1S/C20H18F3N3O4/c21-20(22,23)13-4-3-5-14(12-13)26-18(28)24-16-7-2-1-6-15(16)19(26,29)17(27)25-8-10-30-11-9-25/h1-7,12,29H,8-11H2,(H,24,28)/t19-/m0/s1. The van der Waals surface area contributed by atoms with E-state index in [1.165, 1.54) is 23.1 Å². The SMILES string of the molecule is O=C1Nc2ccccc2[C@](O)(C(=O)N2CCOCC2)N1c1cccc(C(F)(F)F)c1. The number of urea groups is 1. The van der Waals surface area contributed by atoms with Crippen molar-refractivity contribution < 1.29 is 32.6 Å². The van der Waals surface area contributed by atoms with E-state index in [9.17, 15) is 27.9 Å². The molecule has 2 heterocycles. The summed E-state index contributed by atoms with van der Waals surface area (Å²) in [4.78, 5) is 28.3. The number of carbonyl (C=O) groups excluding carboxylic acids is 2. The summed E-state index contributed by atoms with van der Waals surface area (Å²) in [5.74, 6) is -0.814. The summed E-state index contributed by atoms with van der Waals surface area (Å²) in [6.45, 7) is 0.862. The molecule has 1 fully saturated rings. The first kappa shape index (κ1) is 20.2. The number of aliphatic hydroxyl groups is 1. The van der Waals surface area contributed by atoms with Crippen molar-refractivity contribution in [3.8, 4) is 0 Å². The number of nitrogens with one attached hydrogen (secondary N) is 1. The summed E-state index contributed by atoms with van der Waals surface area (Å²) < 4.78 is 45.0. The lowest BCUT2D eigenvalue weighted by Gasteiger charge is -2.45. The normalized spacial score (nSPS) is 21.8. The molecule has 158 valence electrons. The Balaban J connectivity index is 1.88. The number of fused-ring (bicyclic) bond motifs is 1. The molecule has 0 unspecified atom stereocenters. The second kappa shape index (κ2) is 7.29.